The predicted octanol–water partition coefficient (Wildman–Crippen LogP) is 2.41. The van der Waals surface area contributed by atoms with Crippen LogP contribution in [0.4, 0.5) is 5.82 Å². The number of ether oxygens (including phenoxy) is 2. The van der Waals surface area contributed by atoms with Crippen molar-refractivity contribution < 1.29 is 14.6 Å². The largest absolute Gasteiger partial charge is 0.494 e. The van der Waals surface area contributed by atoms with Crippen molar-refractivity contribution in [3.05, 3.63) is 68.8 Å². The molecule has 28 heavy (non-hydrogen) atoms. The quantitative estimate of drug-likeness (QED) is 0.662. The summed E-state index contributed by atoms with van der Waals surface area (Å²) < 4.78 is 11.7. The van der Waals surface area contributed by atoms with Crippen molar-refractivity contribution in [3.63, 3.8) is 0 Å². The number of hydrogen-bond acceptors (Lipinski definition) is 7. The van der Waals surface area contributed by atoms with Gasteiger partial charge in [0.1, 0.15) is 24.3 Å². The van der Waals surface area contributed by atoms with Crippen molar-refractivity contribution in [2.45, 2.75) is 12.5 Å². The zero-order chi connectivity index (χ0) is 19.3. The Bertz CT molecular complexity index is 956. The van der Waals surface area contributed by atoms with Crippen molar-refractivity contribution >= 4 is 17.2 Å². The number of rotatable bonds is 6. The van der Waals surface area contributed by atoms with E-state index in [-0.39, 0.29) is 16.9 Å². The maximum absolute atomic E-state index is 11.3. The minimum atomic E-state index is -0.250. The summed E-state index contributed by atoms with van der Waals surface area (Å²) in [4.78, 5) is 20.6. The second kappa shape index (κ2) is 8.45. The Morgan fingerprint density at radius 3 is 2.86 bits per heavy atom. The van der Waals surface area contributed by atoms with Gasteiger partial charge in [0.15, 0.2) is 0 Å². The first-order valence-electron chi connectivity index (χ1n) is 9.07. The summed E-state index contributed by atoms with van der Waals surface area (Å²) in [7, 11) is 0. The molecular formula is C20H21N3O4S. The molecule has 0 saturated carbocycles. The molecule has 2 aromatic heterocycles. The minimum Gasteiger partial charge on any atom is -0.494 e. The number of aromatic amines is 1. The van der Waals surface area contributed by atoms with Crippen LogP contribution in [0.15, 0.2) is 53.5 Å². The van der Waals surface area contributed by atoms with Crippen LogP contribution in [0.1, 0.15) is 10.4 Å². The van der Waals surface area contributed by atoms with Gasteiger partial charge in [0, 0.05) is 25.7 Å². The number of nitrogens with zero attached hydrogens (tertiary/aromatic N) is 2. The molecule has 0 aliphatic carbocycles. The van der Waals surface area contributed by atoms with Gasteiger partial charge in [-0.05, 0) is 29.8 Å². The lowest BCUT2D eigenvalue weighted by Gasteiger charge is -2.33. The Hall–Kier alpha value is -2.84. The van der Waals surface area contributed by atoms with Gasteiger partial charge in [-0.25, -0.2) is 4.98 Å². The van der Waals surface area contributed by atoms with Gasteiger partial charge >= 0.3 is 4.87 Å². The molecular weight excluding hydrogens is 378 g/mol. The number of thiazole rings is 1. The van der Waals surface area contributed by atoms with E-state index < -0.39 is 0 Å². The van der Waals surface area contributed by atoms with Crippen molar-refractivity contribution in [1.82, 2.24) is 9.97 Å². The Balaban J connectivity index is 1.31. The standard InChI is InChI=1S/C20H21N3O4S/c24-19-17(28-20(25)22-19)11-14-4-6-15(7-5-14)27-13-16-12-23(9-10-26-16)18-3-1-2-8-21-18/h1-8,16,24H,9-13H2,(H,22,25). The van der Waals surface area contributed by atoms with Gasteiger partial charge in [0.2, 0.25) is 5.88 Å². The average molecular weight is 399 g/mol. The third-order valence-corrected chi connectivity index (χ3v) is 5.41. The summed E-state index contributed by atoms with van der Waals surface area (Å²) in [5.74, 6) is 1.66. The zero-order valence-electron chi connectivity index (χ0n) is 15.2. The normalized spacial score (nSPS) is 16.9. The SMILES string of the molecule is O=c1[nH]c(O)c(Cc2ccc(OCC3CN(c4ccccn4)CCO3)cc2)s1. The Kier molecular flexibility index (Phi) is 5.59. The van der Waals surface area contributed by atoms with Gasteiger partial charge in [-0.2, -0.15) is 0 Å². The maximum Gasteiger partial charge on any atom is 0.307 e. The lowest BCUT2D eigenvalue weighted by Crippen LogP contribution is -2.45. The van der Waals surface area contributed by atoms with E-state index in [1.807, 2.05) is 42.5 Å². The molecule has 1 aromatic carbocycles. The van der Waals surface area contributed by atoms with Crippen LogP contribution in [0.5, 0.6) is 11.6 Å². The molecule has 1 unspecified atom stereocenters. The van der Waals surface area contributed by atoms with Crippen molar-refractivity contribution in [3.8, 4) is 11.6 Å². The number of anilines is 1. The number of hydrogen-bond donors (Lipinski definition) is 2. The molecule has 8 heteroatoms. The topological polar surface area (TPSA) is 87.7 Å². The molecule has 7 nitrogen and oxygen atoms in total. The molecule has 1 fully saturated rings. The highest BCUT2D eigenvalue weighted by atomic mass is 32.1. The molecule has 0 bridgehead atoms. The monoisotopic (exact) mass is 399 g/mol. The molecule has 3 heterocycles. The molecule has 2 N–H and O–H groups in total. The van der Waals surface area contributed by atoms with Crippen LogP contribution in [-0.2, 0) is 11.2 Å². The van der Waals surface area contributed by atoms with Crippen LogP contribution in [-0.4, -0.2) is 47.5 Å². The summed E-state index contributed by atoms with van der Waals surface area (Å²) in [6.07, 6.45) is 2.27. The van der Waals surface area contributed by atoms with Gasteiger partial charge in [0.05, 0.1) is 11.5 Å². The van der Waals surface area contributed by atoms with Crippen LogP contribution < -0.4 is 14.5 Å². The average Bonchev–Trinajstić information content (AvgIpc) is 3.05. The summed E-state index contributed by atoms with van der Waals surface area (Å²) in [5.41, 5.74) is 0.994. The van der Waals surface area contributed by atoms with Crippen molar-refractivity contribution in [1.29, 1.82) is 0 Å². The predicted molar refractivity (Wildman–Crippen MR) is 108 cm³/mol. The first kappa shape index (κ1) is 18.5. The van der Waals surface area contributed by atoms with Gasteiger partial charge in [-0.15, -0.1) is 0 Å². The Morgan fingerprint density at radius 2 is 2.14 bits per heavy atom. The molecule has 3 aromatic rings. The molecule has 0 spiro atoms. The van der Waals surface area contributed by atoms with Gasteiger partial charge in [-0.3, -0.25) is 9.78 Å². The molecule has 1 atom stereocenters. The van der Waals surface area contributed by atoms with E-state index in [1.165, 1.54) is 0 Å². The van der Waals surface area contributed by atoms with Gasteiger partial charge in [0.25, 0.3) is 0 Å². The fourth-order valence-corrected chi connectivity index (χ4v) is 3.88. The number of morpholine rings is 1. The third kappa shape index (κ3) is 4.52. The number of aromatic hydroxyl groups is 1. The van der Waals surface area contributed by atoms with Crippen molar-refractivity contribution in [2.24, 2.45) is 0 Å². The zero-order valence-corrected chi connectivity index (χ0v) is 16.0. The molecule has 1 aliphatic rings. The molecule has 4 rings (SSSR count). The van der Waals surface area contributed by atoms with Gasteiger partial charge < -0.3 is 19.5 Å². The molecule has 146 valence electrons. The fraction of sp³-hybridized carbons (Fsp3) is 0.300. The van der Waals surface area contributed by atoms with Crippen LogP contribution in [0.25, 0.3) is 0 Å². The van der Waals surface area contributed by atoms with E-state index >= 15 is 0 Å². The highest BCUT2D eigenvalue weighted by molar-refractivity contribution is 7.09. The highest BCUT2D eigenvalue weighted by Gasteiger charge is 2.22. The van der Waals surface area contributed by atoms with Gasteiger partial charge in [-0.1, -0.05) is 29.5 Å². The van der Waals surface area contributed by atoms with E-state index in [2.05, 4.69) is 14.9 Å². The summed E-state index contributed by atoms with van der Waals surface area (Å²) in [6.45, 7) is 2.66. The molecule has 0 amide bonds. The Labute approximate surface area is 166 Å². The fourth-order valence-electron chi connectivity index (χ4n) is 3.12. The Morgan fingerprint density at radius 1 is 1.29 bits per heavy atom. The lowest BCUT2D eigenvalue weighted by molar-refractivity contribution is 0.0100. The second-order valence-corrected chi connectivity index (χ2v) is 7.61. The van der Waals surface area contributed by atoms with E-state index in [1.54, 1.807) is 6.20 Å². The van der Waals surface area contributed by atoms with Crippen LogP contribution >= 0.6 is 11.3 Å². The minimum absolute atomic E-state index is 0.0236. The van der Waals surface area contributed by atoms with Crippen molar-refractivity contribution in [2.75, 3.05) is 31.2 Å². The first-order valence-corrected chi connectivity index (χ1v) is 9.89. The molecule has 1 saturated heterocycles. The molecule has 1 aliphatic heterocycles. The van der Waals surface area contributed by atoms with Crippen LogP contribution in [0.2, 0.25) is 0 Å². The number of pyridine rings is 1. The van der Waals surface area contributed by atoms with Crippen LogP contribution in [0, 0.1) is 0 Å². The van der Waals surface area contributed by atoms with E-state index in [0.29, 0.717) is 24.5 Å². The summed E-state index contributed by atoms with van der Waals surface area (Å²) in [6, 6.07) is 13.5. The van der Waals surface area contributed by atoms with Crippen LogP contribution in [0.3, 0.4) is 0 Å². The number of nitrogens with one attached hydrogen (secondary N) is 1. The second-order valence-electron chi connectivity index (χ2n) is 6.54. The highest BCUT2D eigenvalue weighted by Crippen LogP contribution is 2.22. The van der Waals surface area contributed by atoms with E-state index in [9.17, 15) is 9.90 Å². The number of H-pyrrole nitrogens is 1. The van der Waals surface area contributed by atoms with E-state index in [4.69, 9.17) is 9.47 Å². The smallest absolute Gasteiger partial charge is 0.307 e. The summed E-state index contributed by atoms with van der Waals surface area (Å²) >= 11 is 1.02. The molecule has 0 radical (unpaired) electrons. The number of aromatic nitrogens is 2. The van der Waals surface area contributed by atoms with E-state index in [0.717, 1.165) is 41.6 Å². The lowest BCUT2D eigenvalue weighted by atomic mass is 10.1. The summed E-state index contributed by atoms with van der Waals surface area (Å²) in [5, 5.41) is 9.69. The maximum atomic E-state index is 11.3. The first-order chi connectivity index (χ1) is 13.7. The number of benzene rings is 1. The third-order valence-electron chi connectivity index (χ3n) is 4.54.